The Morgan fingerprint density at radius 2 is 1.80 bits per heavy atom. The second kappa shape index (κ2) is 6.05. The van der Waals surface area contributed by atoms with Gasteiger partial charge in [0.25, 0.3) is 0 Å². The van der Waals surface area contributed by atoms with E-state index in [1.165, 1.54) is 11.9 Å². The van der Waals surface area contributed by atoms with E-state index in [1.54, 1.807) is 0 Å². The van der Waals surface area contributed by atoms with E-state index in [4.69, 9.17) is 5.73 Å². The summed E-state index contributed by atoms with van der Waals surface area (Å²) in [6, 6.07) is 7.92. The summed E-state index contributed by atoms with van der Waals surface area (Å²) in [6.45, 7) is 3.23. The molecule has 1 aliphatic heterocycles. The number of rotatable bonds is 4. The van der Waals surface area contributed by atoms with Gasteiger partial charge in [-0.3, -0.25) is 14.5 Å². The maximum atomic E-state index is 11.8. The van der Waals surface area contributed by atoms with Crippen molar-refractivity contribution in [2.75, 3.05) is 31.6 Å². The van der Waals surface area contributed by atoms with Crippen LogP contribution in [0.1, 0.15) is 24.8 Å². The molecule has 1 unspecified atom stereocenters. The fraction of sp³-hybridized carbons (Fsp3) is 0.467. The van der Waals surface area contributed by atoms with Gasteiger partial charge >= 0.3 is 0 Å². The number of para-hydroxylation sites is 1. The minimum absolute atomic E-state index is 0.164. The lowest BCUT2D eigenvalue weighted by atomic mass is 9.95. The lowest BCUT2D eigenvalue weighted by Crippen LogP contribution is -2.52. The van der Waals surface area contributed by atoms with Crippen LogP contribution < -0.4 is 10.6 Å². The smallest absolute Gasteiger partial charge is 0.248 e. The zero-order valence-electron chi connectivity index (χ0n) is 12.0. The number of nitrogens with zero attached hydrogens (tertiary/aromatic N) is 2. The van der Waals surface area contributed by atoms with Crippen LogP contribution in [0.15, 0.2) is 24.3 Å². The molecular formula is C15H21N3O2. The van der Waals surface area contributed by atoms with Crippen LogP contribution in [0.2, 0.25) is 0 Å². The van der Waals surface area contributed by atoms with Gasteiger partial charge in [-0.1, -0.05) is 25.1 Å². The van der Waals surface area contributed by atoms with Gasteiger partial charge in [-0.15, -0.1) is 0 Å². The molecule has 0 bridgehead atoms. The molecule has 20 heavy (non-hydrogen) atoms. The highest BCUT2D eigenvalue weighted by atomic mass is 16.2. The molecule has 1 aliphatic rings. The van der Waals surface area contributed by atoms with Gasteiger partial charge < -0.3 is 10.6 Å². The summed E-state index contributed by atoms with van der Waals surface area (Å²) in [7, 11) is 1.53. The first kappa shape index (κ1) is 14.5. The molecule has 2 rings (SSSR count). The highest BCUT2D eigenvalue weighted by Gasteiger charge is 2.29. The lowest BCUT2D eigenvalue weighted by molar-refractivity contribution is -0.143. The molecule has 0 saturated carbocycles. The minimum Gasteiger partial charge on any atom is -0.353 e. The van der Waals surface area contributed by atoms with Crippen LogP contribution in [0.3, 0.4) is 0 Å². The Bertz CT molecular complexity index is 498. The number of anilines is 1. The van der Waals surface area contributed by atoms with Crippen LogP contribution in [0, 0.1) is 0 Å². The van der Waals surface area contributed by atoms with E-state index < -0.39 is 0 Å². The van der Waals surface area contributed by atoms with E-state index in [1.807, 2.05) is 29.2 Å². The number of amides is 2. The number of likely N-dealkylation sites (N-methyl/N-ethyl adjacent to an activating group) is 1. The van der Waals surface area contributed by atoms with Crippen molar-refractivity contribution in [3.8, 4) is 0 Å². The second-order valence-electron chi connectivity index (χ2n) is 5.24. The third-order valence-electron chi connectivity index (χ3n) is 3.81. The summed E-state index contributed by atoms with van der Waals surface area (Å²) in [5.41, 5.74) is 7.73. The molecule has 0 aromatic heterocycles. The number of carbonyl (C=O) groups excluding carboxylic acids is 2. The monoisotopic (exact) mass is 275 g/mol. The van der Waals surface area contributed by atoms with Gasteiger partial charge in [-0.2, -0.15) is 0 Å². The molecule has 1 aromatic carbocycles. The molecule has 1 saturated heterocycles. The number of nitrogens with two attached hydrogens (primary N) is 1. The normalized spacial score (nSPS) is 17.6. The van der Waals surface area contributed by atoms with Crippen molar-refractivity contribution < 1.29 is 9.59 Å². The van der Waals surface area contributed by atoms with Crippen molar-refractivity contribution in [2.45, 2.75) is 19.3 Å². The van der Waals surface area contributed by atoms with Crippen LogP contribution in [0.4, 0.5) is 5.69 Å². The molecule has 5 nitrogen and oxygen atoms in total. The quantitative estimate of drug-likeness (QED) is 0.831. The summed E-state index contributed by atoms with van der Waals surface area (Å²) in [5.74, 6) is -0.0221. The summed E-state index contributed by atoms with van der Waals surface area (Å²) in [4.78, 5) is 26.7. The zero-order valence-corrected chi connectivity index (χ0v) is 12.0. The molecule has 0 aliphatic carbocycles. The first-order valence-corrected chi connectivity index (χ1v) is 6.88. The van der Waals surface area contributed by atoms with Crippen LogP contribution in [-0.4, -0.2) is 43.4 Å². The molecule has 2 amide bonds. The van der Waals surface area contributed by atoms with Gasteiger partial charge in [0, 0.05) is 12.7 Å². The minimum atomic E-state index is -0.164. The maximum absolute atomic E-state index is 11.8. The maximum Gasteiger partial charge on any atom is 0.248 e. The molecule has 0 spiro atoms. The van der Waals surface area contributed by atoms with E-state index >= 15 is 0 Å². The van der Waals surface area contributed by atoms with Gasteiger partial charge in [0.1, 0.15) is 0 Å². The lowest BCUT2D eigenvalue weighted by Gasteiger charge is -2.34. The average molecular weight is 275 g/mol. The van der Waals surface area contributed by atoms with Crippen molar-refractivity contribution in [3.63, 3.8) is 0 Å². The van der Waals surface area contributed by atoms with Gasteiger partial charge in [0.2, 0.25) is 11.8 Å². The Hall–Kier alpha value is -1.88. The van der Waals surface area contributed by atoms with E-state index in [9.17, 15) is 9.59 Å². The van der Waals surface area contributed by atoms with E-state index in [2.05, 4.69) is 6.92 Å². The van der Waals surface area contributed by atoms with Gasteiger partial charge in [0.05, 0.1) is 13.1 Å². The molecule has 0 radical (unpaired) electrons. The largest absolute Gasteiger partial charge is 0.353 e. The van der Waals surface area contributed by atoms with E-state index in [0.717, 1.165) is 17.7 Å². The summed E-state index contributed by atoms with van der Waals surface area (Å²) in [5, 5.41) is 0. The van der Waals surface area contributed by atoms with Crippen molar-refractivity contribution in [2.24, 2.45) is 5.73 Å². The molecule has 108 valence electrons. The first-order chi connectivity index (χ1) is 9.54. The van der Waals surface area contributed by atoms with E-state index in [-0.39, 0.29) is 24.9 Å². The van der Waals surface area contributed by atoms with Gasteiger partial charge in [-0.05, 0) is 30.5 Å². The van der Waals surface area contributed by atoms with Crippen LogP contribution in [-0.2, 0) is 9.59 Å². The zero-order chi connectivity index (χ0) is 14.7. The molecule has 1 fully saturated rings. The Kier molecular flexibility index (Phi) is 4.39. The number of imide groups is 1. The van der Waals surface area contributed by atoms with Gasteiger partial charge in [-0.25, -0.2) is 0 Å². The fourth-order valence-electron chi connectivity index (χ4n) is 2.50. The van der Waals surface area contributed by atoms with Crippen molar-refractivity contribution in [1.82, 2.24) is 4.90 Å². The van der Waals surface area contributed by atoms with Gasteiger partial charge in [0.15, 0.2) is 0 Å². The molecule has 1 aromatic rings. The standard InChI is InChI=1S/C15H21N3O2/c1-11(7-8-16)12-5-3-4-6-13(12)18-9-14(19)17(2)15(20)10-18/h3-6,11H,7-10,16H2,1-2H3. The number of piperazine rings is 1. The molecule has 5 heteroatoms. The SMILES string of the molecule is CC(CCN)c1ccccc1N1CC(=O)N(C)C(=O)C1. The topological polar surface area (TPSA) is 66.6 Å². The third-order valence-corrected chi connectivity index (χ3v) is 3.81. The van der Waals surface area contributed by atoms with Crippen molar-refractivity contribution >= 4 is 17.5 Å². The summed E-state index contributed by atoms with van der Waals surface area (Å²) < 4.78 is 0. The molecule has 2 N–H and O–H groups in total. The molecule has 1 atom stereocenters. The highest BCUT2D eigenvalue weighted by Crippen LogP contribution is 2.30. The van der Waals surface area contributed by atoms with Crippen molar-refractivity contribution in [1.29, 1.82) is 0 Å². The summed E-state index contributed by atoms with van der Waals surface area (Å²) in [6.07, 6.45) is 0.882. The predicted octanol–water partition coefficient (Wildman–Crippen LogP) is 0.944. The van der Waals surface area contributed by atoms with Crippen molar-refractivity contribution in [3.05, 3.63) is 29.8 Å². The Morgan fingerprint density at radius 1 is 1.20 bits per heavy atom. The van der Waals surface area contributed by atoms with E-state index in [0.29, 0.717) is 12.5 Å². The third kappa shape index (κ3) is 2.82. The van der Waals surface area contributed by atoms with Crippen LogP contribution >= 0.6 is 0 Å². The first-order valence-electron chi connectivity index (χ1n) is 6.88. The number of hydrogen-bond donors (Lipinski definition) is 1. The highest BCUT2D eigenvalue weighted by molar-refractivity contribution is 6.02. The summed E-state index contributed by atoms with van der Waals surface area (Å²) >= 11 is 0. The average Bonchev–Trinajstić information content (AvgIpc) is 2.44. The fourth-order valence-corrected chi connectivity index (χ4v) is 2.50. The Morgan fingerprint density at radius 3 is 2.40 bits per heavy atom. The molecular weight excluding hydrogens is 254 g/mol. The Labute approximate surface area is 119 Å². The molecule has 1 heterocycles. The second-order valence-corrected chi connectivity index (χ2v) is 5.24. The number of benzene rings is 1. The predicted molar refractivity (Wildman–Crippen MR) is 78.5 cm³/mol. The number of carbonyl (C=O) groups is 2. The van der Waals surface area contributed by atoms with Crippen LogP contribution in [0.5, 0.6) is 0 Å². The Balaban J connectivity index is 2.29. The van der Waals surface area contributed by atoms with Crippen LogP contribution in [0.25, 0.3) is 0 Å². The number of hydrogen-bond acceptors (Lipinski definition) is 4.